The molecule has 1 aliphatic rings. The lowest BCUT2D eigenvalue weighted by Gasteiger charge is -2.31. The van der Waals surface area contributed by atoms with Crippen LogP contribution in [0.15, 0.2) is 6.33 Å². The monoisotopic (exact) mass is 241 g/mol. The maximum Gasteiger partial charge on any atom is 0.202 e. The summed E-state index contributed by atoms with van der Waals surface area (Å²) in [5.41, 5.74) is 0. The molecule has 0 amide bonds. The summed E-state index contributed by atoms with van der Waals surface area (Å²) in [6.45, 7) is 8.07. The van der Waals surface area contributed by atoms with Gasteiger partial charge in [0.05, 0.1) is 13.1 Å². The number of aromatic nitrogens is 3. The van der Waals surface area contributed by atoms with Gasteiger partial charge in [0.2, 0.25) is 4.77 Å². The van der Waals surface area contributed by atoms with Crippen LogP contribution >= 0.6 is 12.2 Å². The highest BCUT2D eigenvalue weighted by molar-refractivity contribution is 7.71. The second-order valence-corrected chi connectivity index (χ2v) is 5.65. The third-order valence-corrected chi connectivity index (χ3v) is 3.84. The molecule has 0 aliphatic carbocycles. The van der Waals surface area contributed by atoms with E-state index in [4.69, 9.17) is 12.2 Å². The first-order chi connectivity index (χ1) is 7.56. The number of piperidine rings is 1. The molecule has 1 aliphatic heterocycles. The topological polar surface area (TPSA) is 27.2 Å². The Labute approximate surface area is 102 Å². The van der Waals surface area contributed by atoms with Gasteiger partial charge < -0.3 is 9.47 Å². The van der Waals surface area contributed by atoms with Crippen LogP contribution in [0, 0.1) is 16.6 Å². The Morgan fingerprint density at radius 1 is 1.44 bits per heavy atom. The number of quaternary nitrogens is 1. The van der Waals surface area contributed by atoms with Gasteiger partial charge in [0.25, 0.3) is 0 Å². The molecule has 0 aromatic carbocycles. The van der Waals surface area contributed by atoms with Crippen molar-refractivity contribution in [2.75, 3.05) is 13.1 Å². The molecule has 0 saturated carbocycles. The molecule has 5 heteroatoms. The summed E-state index contributed by atoms with van der Waals surface area (Å²) < 4.78 is 4.65. The van der Waals surface area contributed by atoms with E-state index >= 15 is 0 Å². The molecule has 0 bridgehead atoms. The molecule has 4 nitrogen and oxygen atoms in total. The molecule has 0 radical (unpaired) electrons. The van der Waals surface area contributed by atoms with Crippen molar-refractivity contribution >= 4 is 12.2 Å². The second-order valence-electron chi connectivity index (χ2n) is 5.29. The lowest BCUT2D eigenvalue weighted by molar-refractivity contribution is -0.935. The van der Waals surface area contributed by atoms with E-state index in [9.17, 15) is 0 Å². The fourth-order valence-electron chi connectivity index (χ4n) is 2.79. The molecule has 2 rings (SSSR count). The number of rotatable bonds is 2. The van der Waals surface area contributed by atoms with Crippen LogP contribution in [-0.4, -0.2) is 27.4 Å². The number of nitrogens with one attached hydrogen (secondary N) is 1. The molecule has 0 spiro atoms. The van der Waals surface area contributed by atoms with Gasteiger partial charge in [-0.2, -0.15) is 9.78 Å². The van der Waals surface area contributed by atoms with Gasteiger partial charge in [0.15, 0.2) is 6.67 Å². The minimum absolute atomic E-state index is 0.816. The van der Waals surface area contributed by atoms with Crippen LogP contribution in [0.4, 0.5) is 0 Å². The zero-order chi connectivity index (χ0) is 11.7. The zero-order valence-electron chi connectivity index (χ0n) is 10.3. The fourth-order valence-corrected chi connectivity index (χ4v) is 2.95. The maximum absolute atomic E-state index is 5.30. The van der Waals surface area contributed by atoms with Gasteiger partial charge in [-0.15, -0.1) is 0 Å². The largest absolute Gasteiger partial charge is 0.316 e. The Hall–Kier alpha value is -0.680. The van der Waals surface area contributed by atoms with Gasteiger partial charge in [-0.25, -0.2) is 0 Å². The smallest absolute Gasteiger partial charge is 0.202 e. The van der Waals surface area contributed by atoms with Crippen molar-refractivity contribution in [1.82, 2.24) is 14.3 Å². The number of likely N-dealkylation sites (tertiary alicyclic amines) is 1. The average Bonchev–Trinajstić information content (AvgIpc) is 2.48. The highest BCUT2D eigenvalue weighted by Gasteiger charge is 2.25. The van der Waals surface area contributed by atoms with Crippen molar-refractivity contribution in [1.29, 1.82) is 0 Å². The predicted octanol–water partition coefficient (Wildman–Crippen LogP) is 0.469. The van der Waals surface area contributed by atoms with Crippen LogP contribution in [0.1, 0.15) is 20.3 Å². The van der Waals surface area contributed by atoms with Crippen LogP contribution in [0.5, 0.6) is 0 Å². The molecule has 90 valence electrons. The van der Waals surface area contributed by atoms with Crippen molar-refractivity contribution in [3.63, 3.8) is 0 Å². The third-order valence-electron chi connectivity index (χ3n) is 3.34. The molecule has 2 heterocycles. The summed E-state index contributed by atoms with van der Waals surface area (Å²) in [7, 11) is 1.95. The number of hydrogen-bond donors (Lipinski definition) is 1. The molecule has 1 N–H and O–H groups in total. The van der Waals surface area contributed by atoms with Gasteiger partial charge in [0.1, 0.15) is 6.33 Å². The van der Waals surface area contributed by atoms with E-state index < -0.39 is 0 Å². The predicted molar refractivity (Wildman–Crippen MR) is 65.7 cm³/mol. The van der Waals surface area contributed by atoms with Crippen molar-refractivity contribution in [2.24, 2.45) is 18.9 Å². The molecule has 1 saturated heterocycles. The Kier molecular flexibility index (Phi) is 3.44. The van der Waals surface area contributed by atoms with E-state index in [0.717, 1.165) is 23.3 Å². The minimum atomic E-state index is 0.816. The van der Waals surface area contributed by atoms with Crippen LogP contribution in [-0.2, 0) is 13.7 Å². The number of aryl methyl sites for hydroxylation is 1. The van der Waals surface area contributed by atoms with Crippen molar-refractivity contribution in [3.8, 4) is 0 Å². The Morgan fingerprint density at radius 2 is 2.06 bits per heavy atom. The van der Waals surface area contributed by atoms with E-state index in [1.54, 1.807) is 11.2 Å². The Balaban J connectivity index is 2.04. The maximum atomic E-state index is 5.30. The van der Waals surface area contributed by atoms with Gasteiger partial charge in [-0.1, -0.05) is 13.8 Å². The molecule has 1 aromatic heterocycles. The van der Waals surface area contributed by atoms with E-state index in [2.05, 4.69) is 18.9 Å². The van der Waals surface area contributed by atoms with E-state index in [-0.39, 0.29) is 0 Å². The quantitative estimate of drug-likeness (QED) is 0.762. The highest BCUT2D eigenvalue weighted by atomic mass is 32.1. The summed E-state index contributed by atoms with van der Waals surface area (Å²) in [5, 5.41) is 4.31. The SMILES string of the molecule is C[C@@H]1C[C@@H](C)C[NH+](Cn2ncn(C)c2=S)C1. The fraction of sp³-hybridized carbons (Fsp3) is 0.818. The molecule has 2 atom stereocenters. The molecular weight excluding hydrogens is 220 g/mol. The standard InChI is InChI=1S/C11H20N4S/c1-9-4-10(2)6-14(5-9)8-15-11(16)13(3)7-12-15/h7,9-10H,4-6,8H2,1-3H3/p+1/t9-,10-/m1/s1. The van der Waals surface area contributed by atoms with Crippen molar-refractivity contribution in [2.45, 2.75) is 26.9 Å². The Bertz CT molecular complexity index is 398. The van der Waals surface area contributed by atoms with Gasteiger partial charge in [-0.05, 0) is 18.6 Å². The van der Waals surface area contributed by atoms with Gasteiger partial charge >= 0.3 is 0 Å². The first-order valence-corrected chi connectivity index (χ1v) is 6.39. The molecule has 16 heavy (non-hydrogen) atoms. The lowest BCUT2D eigenvalue weighted by atomic mass is 9.92. The average molecular weight is 241 g/mol. The number of nitrogens with zero attached hydrogens (tertiary/aromatic N) is 3. The first-order valence-electron chi connectivity index (χ1n) is 5.98. The zero-order valence-corrected chi connectivity index (χ0v) is 11.1. The summed E-state index contributed by atoms with van der Waals surface area (Å²) in [4.78, 5) is 1.60. The van der Waals surface area contributed by atoms with E-state index in [1.165, 1.54) is 19.5 Å². The third kappa shape index (κ3) is 2.52. The highest BCUT2D eigenvalue weighted by Crippen LogP contribution is 2.11. The van der Waals surface area contributed by atoms with Crippen LogP contribution in [0.25, 0.3) is 0 Å². The first kappa shape index (κ1) is 11.8. The van der Waals surface area contributed by atoms with Gasteiger partial charge in [0, 0.05) is 18.9 Å². The Morgan fingerprint density at radius 3 is 2.56 bits per heavy atom. The molecule has 1 fully saturated rings. The summed E-state index contributed by atoms with van der Waals surface area (Å²) >= 11 is 5.30. The molecule has 1 aromatic rings. The van der Waals surface area contributed by atoms with Crippen molar-refractivity contribution in [3.05, 3.63) is 11.1 Å². The minimum Gasteiger partial charge on any atom is -0.316 e. The summed E-state index contributed by atoms with van der Waals surface area (Å²) in [5.74, 6) is 1.63. The molecular formula is C11H21N4S+. The van der Waals surface area contributed by atoms with E-state index in [1.807, 2.05) is 16.3 Å². The summed E-state index contributed by atoms with van der Waals surface area (Å²) in [6, 6.07) is 0. The van der Waals surface area contributed by atoms with Crippen LogP contribution in [0.3, 0.4) is 0 Å². The lowest BCUT2D eigenvalue weighted by Crippen LogP contribution is -3.13. The van der Waals surface area contributed by atoms with Crippen LogP contribution in [0.2, 0.25) is 0 Å². The molecule has 0 unspecified atom stereocenters. The number of hydrogen-bond acceptors (Lipinski definition) is 2. The van der Waals surface area contributed by atoms with Crippen LogP contribution < -0.4 is 4.90 Å². The van der Waals surface area contributed by atoms with Crippen molar-refractivity contribution < 1.29 is 4.90 Å². The normalized spacial score (nSPS) is 30.6. The second kappa shape index (κ2) is 4.67. The van der Waals surface area contributed by atoms with Gasteiger partial charge in [-0.3, -0.25) is 0 Å². The van der Waals surface area contributed by atoms with E-state index in [0.29, 0.717) is 0 Å². The summed E-state index contributed by atoms with van der Waals surface area (Å²) in [6.07, 6.45) is 3.15.